The molecule has 126 heavy (non-hydrogen) atoms. The minimum absolute atomic E-state index is 0.0235. The first-order valence-corrected chi connectivity index (χ1v) is 52.3. The summed E-state index contributed by atoms with van der Waals surface area (Å²) in [5.41, 5.74) is 10.3. The normalized spacial score (nSPS) is 15.7. The predicted octanol–water partition coefficient (Wildman–Crippen LogP) is 12.6. The van der Waals surface area contributed by atoms with Crippen LogP contribution in [0.25, 0.3) is 67.1 Å². The fourth-order valence-corrected chi connectivity index (χ4v) is 19.6. The topological polar surface area (TPSA) is 367 Å². The minimum atomic E-state index is -1.08. The fraction of sp³-hybridized carbons (Fsp3) is 0.422. The van der Waals surface area contributed by atoms with E-state index in [-0.39, 0.29) is 6.10 Å². The van der Waals surface area contributed by atoms with Crippen molar-refractivity contribution in [1.82, 2.24) is 78.3 Å². The largest absolute Gasteiger partial charge is 0.480 e. The lowest BCUT2D eigenvalue weighted by molar-refractivity contribution is 0.231. The zero-order valence-electron chi connectivity index (χ0n) is 73.8. The first-order valence-electron chi connectivity index (χ1n) is 42.0. The van der Waals surface area contributed by atoms with Crippen LogP contribution in [0.4, 0.5) is 23.3 Å². The number of ether oxygens (including phenoxy) is 4. The van der Waals surface area contributed by atoms with Crippen molar-refractivity contribution >= 4 is 106 Å². The van der Waals surface area contributed by atoms with Crippen molar-refractivity contribution in [1.29, 1.82) is 21.0 Å². The molecule has 0 amide bonds. The summed E-state index contributed by atoms with van der Waals surface area (Å²) in [5.74, 6) is 23.0. The van der Waals surface area contributed by atoms with E-state index in [0.717, 1.165) is 149 Å². The van der Waals surface area contributed by atoms with Crippen LogP contribution in [-0.4, -0.2) is 255 Å². The van der Waals surface area contributed by atoms with Crippen molar-refractivity contribution < 1.29 is 18.9 Å². The molecular formula is C90H110N28O4S4. The molecule has 0 radical (unpaired) electrons. The second-order valence-corrected chi connectivity index (χ2v) is 46.6. The summed E-state index contributed by atoms with van der Waals surface area (Å²) in [4.78, 5) is 46.6. The molecule has 1 aliphatic carbocycles. The van der Waals surface area contributed by atoms with Crippen molar-refractivity contribution in [3.05, 3.63) is 145 Å². The maximum atomic E-state index is 9.56. The van der Waals surface area contributed by atoms with E-state index in [0.29, 0.717) is 134 Å². The van der Waals surface area contributed by atoms with Crippen LogP contribution in [-0.2, 0) is 37.7 Å². The van der Waals surface area contributed by atoms with Gasteiger partial charge >= 0.3 is 0 Å². The van der Waals surface area contributed by atoms with Crippen molar-refractivity contribution in [2.24, 2.45) is 23.4 Å². The van der Waals surface area contributed by atoms with Crippen molar-refractivity contribution in [2.45, 2.75) is 115 Å². The zero-order chi connectivity index (χ0) is 89.2. The summed E-state index contributed by atoms with van der Waals surface area (Å²) in [6.45, 7) is 14.4. The van der Waals surface area contributed by atoms with Crippen molar-refractivity contribution in [3.63, 3.8) is 0 Å². The standard InChI is InChI=1S/C24H29N7OS.C23H29N7OS.C22H27N7OS.C21H25N7OS/c1-33(2,3)29-20-8-10-30(11-9-20)21-7-6-18(13-26-21)23-24-19(12-25)14-27-31(24)15-22(28-23)32-16-17-4-5-17;1-16(2)31-21-15-30-23(18(12-24)14-26-30)22(27-21)17-6-7-20(25-13-17)29-10-8-19(9-11-29)28-32(3,4)5;1-5-30-20-15-29-22(17(12-23)14-25-29)21(26-20)16-6-7-19(24-13-16)28-10-8-18(9-11-28)27-31(2,3)4;1-29-19-14-28-21(16(11-22)13-24-28)20(25-19)15-5-6-18(23-12-15)27-9-7-17(8-10-27)26-30(2,3)4/h6-7,13-15,17,20H,1,4-5,8-11,16H2,2-3H3;6-7,13-16,19H,3,8-11H2,1-2,4-5H3;6-7,13-15,18H,2,5,8-11H2,1,3-4H3;5-6,12-14,17H,2,7-10H2,1,3-4H3. The SMILES string of the molecule is C=S(C)(C)=NC1CCN(c2ccc(-c3nc(OC(C)C)cn4ncc(C#N)c34)cn2)CC1.C=S(C)(C)=NC1CCN(c2ccc(-c3nc(OC)cn4ncc(C#N)c34)cn2)CC1.C=S(C)(C)=NC1CCN(c2ccc(-c3nc(OCC)cn4ncc(C#N)c34)cn2)CC1.C=S(C)(C)=NC1CCN(c2ccc(-c3nc(OCC4CC4)cn4ncc(C#N)c34)cn2)CC1. The van der Waals surface area contributed by atoms with Crippen LogP contribution < -0.4 is 38.5 Å². The van der Waals surface area contributed by atoms with Gasteiger partial charge in [-0.2, -0.15) is 41.4 Å². The van der Waals surface area contributed by atoms with Gasteiger partial charge in [0, 0.05) is 99.4 Å². The number of anilines is 4. The average Bonchev–Trinajstić information content (AvgIpc) is 1.60. The molecule has 32 nitrogen and oxygen atoms in total. The number of rotatable bonds is 20. The number of nitriles is 4. The summed E-state index contributed by atoms with van der Waals surface area (Å²) < 4.78 is 48.7. The lowest BCUT2D eigenvalue weighted by Gasteiger charge is -2.31. The Morgan fingerprint density at radius 3 is 0.881 bits per heavy atom. The Bertz CT molecular complexity index is 6630. The van der Waals surface area contributed by atoms with E-state index in [9.17, 15) is 21.0 Å². The Kier molecular flexibility index (Phi) is 27.8. The van der Waals surface area contributed by atoms with Gasteiger partial charge in [0.05, 0.1) is 100 Å². The number of nitrogens with zero attached hydrogens (tertiary/aromatic N) is 28. The molecule has 17 rings (SSSR count). The van der Waals surface area contributed by atoms with Gasteiger partial charge in [0.1, 0.15) is 115 Å². The fourth-order valence-electron chi connectivity index (χ4n) is 15.5. The molecule has 5 fully saturated rings. The predicted molar refractivity (Wildman–Crippen MR) is 511 cm³/mol. The van der Waals surface area contributed by atoms with Gasteiger partial charge in [0.2, 0.25) is 23.5 Å². The first-order chi connectivity index (χ1) is 60.4. The zero-order valence-corrected chi connectivity index (χ0v) is 77.0. The lowest BCUT2D eigenvalue weighted by atomic mass is 10.1. The van der Waals surface area contributed by atoms with Crippen LogP contribution >= 0.6 is 0 Å². The molecule has 0 aromatic carbocycles. The van der Waals surface area contributed by atoms with E-state index in [1.54, 1.807) is 80.9 Å². The summed E-state index contributed by atoms with van der Waals surface area (Å²) >= 11 is 0. The third-order valence-corrected chi connectivity index (χ3v) is 24.9. The number of pyridine rings is 4. The maximum absolute atomic E-state index is 9.56. The van der Waals surface area contributed by atoms with Gasteiger partial charge in [0.25, 0.3) is 0 Å². The van der Waals surface area contributed by atoms with Crippen LogP contribution in [0.3, 0.4) is 0 Å². The van der Waals surface area contributed by atoms with E-state index < -0.39 is 37.7 Å². The molecule has 0 bridgehead atoms. The highest BCUT2D eigenvalue weighted by Crippen LogP contribution is 2.37. The molecule has 4 saturated heterocycles. The maximum Gasteiger partial charge on any atom is 0.233 e. The third kappa shape index (κ3) is 22.8. The van der Waals surface area contributed by atoms with Crippen LogP contribution in [0.2, 0.25) is 0 Å². The third-order valence-electron chi connectivity index (χ3n) is 21.4. The first kappa shape index (κ1) is 89.8. The lowest BCUT2D eigenvalue weighted by Crippen LogP contribution is -2.36. The summed E-state index contributed by atoms with van der Waals surface area (Å²) in [6.07, 6.45) is 47.8. The molecule has 658 valence electrons. The Balaban J connectivity index is 0.000000136. The Hall–Kier alpha value is -12.5. The van der Waals surface area contributed by atoms with Gasteiger partial charge in [-0.25, -0.2) is 57.9 Å². The number of hydrogen-bond donors (Lipinski definition) is 0. The van der Waals surface area contributed by atoms with Gasteiger partial charge in [0.15, 0.2) is 0 Å². The molecule has 36 heteroatoms. The number of fused-ring (bicyclic) bond motifs is 4. The quantitative estimate of drug-likeness (QED) is 0.0640. The van der Waals surface area contributed by atoms with E-state index in [2.05, 4.69) is 158 Å². The van der Waals surface area contributed by atoms with Crippen LogP contribution in [0, 0.1) is 51.2 Å². The molecule has 4 aliphatic heterocycles. The van der Waals surface area contributed by atoms with Crippen molar-refractivity contribution in [2.75, 3.05) is 142 Å². The molecular weight excluding hydrogens is 1670 g/mol. The van der Waals surface area contributed by atoms with Crippen LogP contribution in [0.5, 0.6) is 23.5 Å². The van der Waals surface area contributed by atoms with E-state index in [4.69, 9.17) is 56.3 Å². The van der Waals surface area contributed by atoms with Crippen LogP contribution in [0.15, 0.2) is 140 Å². The molecule has 0 spiro atoms. The van der Waals surface area contributed by atoms with Crippen LogP contribution in [0.1, 0.15) is 107 Å². The van der Waals surface area contributed by atoms with Gasteiger partial charge in [-0.15, -0.1) is 37.7 Å². The second-order valence-electron chi connectivity index (χ2n) is 34.0. The van der Waals surface area contributed by atoms with E-state index >= 15 is 0 Å². The molecule has 12 aromatic rings. The highest BCUT2D eigenvalue weighted by atomic mass is 32.2. The average molecular weight is 1780 g/mol. The number of aromatic nitrogens is 16. The summed E-state index contributed by atoms with van der Waals surface area (Å²) in [7, 11) is -2.75. The molecule has 12 aromatic heterocycles. The monoisotopic (exact) mass is 1770 g/mol. The van der Waals surface area contributed by atoms with E-state index in [1.807, 2.05) is 81.7 Å². The van der Waals surface area contributed by atoms with Gasteiger partial charge in [-0.05, 0) is 189 Å². The number of methoxy groups -OCH3 is 1. The Morgan fingerprint density at radius 1 is 0.381 bits per heavy atom. The summed E-state index contributed by atoms with van der Waals surface area (Å²) in [6, 6.07) is 26.4. The summed E-state index contributed by atoms with van der Waals surface area (Å²) in [5, 5.41) is 55.2. The smallest absolute Gasteiger partial charge is 0.233 e. The molecule has 5 aliphatic rings. The van der Waals surface area contributed by atoms with E-state index in [1.165, 1.54) is 19.0 Å². The highest BCUT2D eigenvalue weighted by Gasteiger charge is 2.29. The Morgan fingerprint density at radius 2 is 0.643 bits per heavy atom. The van der Waals surface area contributed by atoms with Gasteiger partial charge < -0.3 is 38.5 Å². The number of hydrogen-bond acceptors (Lipinski definition) is 28. The molecule has 16 heterocycles. The highest BCUT2D eigenvalue weighted by molar-refractivity contribution is 8.01. The Labute approximate surface area is 738 Å². The minimum Gasteiger partial charge on any atom is -0.480 e. The van der Waals surface area contributed by atoms with Gasteiger partial charge in [-0.3, -0.25) is 17.5 Å². The van der Waals surface area contributed by atoms with Crippen molar-refractivity contribution in [3.8, 4) is 92.8 Å². The molecule has 0 unspecified atom stereocenters. The number of piperidine rings is 4. The van der Waals surface area contributed by atoms with Gasteiger partial charge in [-0.1, -0.05) is 23.5 Å². The molecule has 0 N–H and O–H groups in total. The molecule has 1 saturated carbocycles. The second kappa shape index (κ2) is 39.0. The molecule has 0 atom stereocenters.